The molecule has 0 saturated carbocycles. The number of aliphatic carboxylic acids is 1. The maximum Gasteiger partial charge on any atom is 0.416 e. The van der Waals surface area contributed by atoms with Gasteiger partial charge in [0.25, 0.3) is 0 Å². The van der Waals surface area contributed by atoms with Crippen LogP contribution in [0.1, 0.15) is 30.5 Å². The van der Waals surface area contributed by atoms with E-state index in [0.29, 0.717) is 31.1 Å². The first-order valence-corrected chi connectivity index (χ1v) is 11.9. The topological polar surface area (TPSA) is 75.8 Å². The maximum atomic E-state index is 13.0. The number of nitrogens with zero attached hydrogens (tertiary/aromatic N) is 2. The Morgan fingerprint density at radius 1 is 0.947 bits per heavy atom. The molecule has 0 aliphatic rings. The SMILES string of the molecule is CC(C)(Oc1ccc(CCN(Cc2ccc(C(F)(F)F)cc2)c2ccc(-c3ccoc3)cn2)cc1)C(=O)O. The zero-order chi connectivity index (χ0) is 27.3. The lowest BCUT2D eigenvalue weighted by molar-refractivity contribution is -0.152. The zero-order valence-corrected chi connectivity index (χ0v) is 20.9. The molecule has 198 valence electrons. The number of carboxylic acid groups (broad SMARTS) is 1. The lowest BCUT2D eigenvalue weighted by Gasteiger charge is -2.25. The molecule has 2 heterocycles. The molecule has 2 aromatic carbocycles. The Hall–Kier alpha value is -4.27. The fourth-order valence-corrected chi connectivity index (χ4v) is 3.79. The van der Waals surface area contributed by atoms with E-state index in [1.807, 2.05) is 35.2 Å². The van der Waals surface area contributed by atoms with E-state index in [0.717, 1.165) is 34.4 Å². The summed E-state index contributed by atoms with van der Waals surface area (Å²) in [5.41, 5.74) is 1.44. The molecule has 4 aromatic rings. The predicted molar refractivity (Wildman–Crippen MR) is 137 cm³/mol. The van der Waals surface area contributed by atoms with Crippen LogP contribution in [0.15, 0.2) is 89.9 Å². The minimum Gasteiger partial charge on any atom is -0.478 e. The van der Waals surface area contributed by atoms with Gasteiger partial charge in [0.2, 0.25) is 0 Å². The highest BCUT2D eigenvalue weighted by Crippen LogP contribution is 2.30. The van der Waals surface area contributed by atoms with Gasteiger partial charge in [-0.3, -0.25) is 0 Å². The van der Waals surface area contributed by atoms with E-state index in [1.165, 1.54) is 26.0 Å². The van der Waals surface area contributed by atoms with Gasteiger partial charge in [-0.15, -0.1) is 0 Å². The van der Waals surface area contributed by atoms with E-state index in [1.54, 1.807) is 30.9 Å². The number of hydrogen-bond donors (Lipinski definition) is 1. The molecule has 0 unspecified atom stereocenters. The van der Waals surface area contributed by atoms with Gasteiger partial charge >= 0.3 is 12.1 Å². The van der Waals surface area contributed by atoms with E-state index in [2.05, 4.69) is 4.98 Å². The number of carboxylic acids is 1. The molecule has 6 nitrogen and oxygen atoms in total. The Kier molecular flexibility index (Phi) is 7.75. The van der Waals surface area contributed by atoms with Crippen molar-refractivity contribution in [2.75, 3.05) is 11.4 Å². The van der Waals surface area contributed by atoms with Crippen LogP contribution in [0.3, 0.4) is 0 Å². The van der Waals surface area contributed by atoms with Crippen LogP contribution in [-0.4, -0.2) is 28.2 Å². The van der Waals surface area contributed by atoms with Crippen molar-refractivity contribution < 1.29 is 32.2 Å². The average Bonchev–Trinajstić information content (AvgIpc) is 3.42. The quantitative estimate of drug-likeness (QED) is 0.245. The third-order valence-corrected chi connectivity index (χ3v) is 6.06. The third kappa shape index (κ3) is 6.73. The highest BCUT2D eigenvalue weighted by Gasteiger charge is 2.30. The molecule has 0 radical (unpaired) electrons. The molecule has 0 aliphatic heterocycles. The van der Waals surface area contributed by atoms with Gasteiger partial charge in [0, 0.05) is 30.4 Å². The number of carbonyl (C=O) groups is 1. The second-order valence-corrected chi connectivity index (χ2v) is 9.34. The zero-order valence-electron chi connectivity index (χ0n) is 20.9. The Balaban J connectivity index is 1.50. The predicted octanol–water partition coefficient (Wildman–Crippen LogP) is 6.85. The van der Waals surface area contributed by atoms with Gasteiger partial charge in [0.1, 0.15) is 11.6 Å². The number of hydrogen-bond acceptors (Lipinski definition) is 5. The number of pyridine rings is 1. The van der Waals surface area contributed by atoms with E-state index >= 15 is 0 Å². The van der Waals surface area contributed by atoms with Crippen LogP contribution in [0.4, 0.5) is 19.0 Å². The number of halogens is 3. The first kappa shape index (κ1) is 26.8. The Bertz CT molecular complexity index is 1330. The molecule has 1 N–H and O–H groups in total. The van der Waals surface area contributed by atoms with E-state index in [4.69, 9.17) is 9.15 Å². The van der Waals surface area contributed by atoms with Gasteiger partial charge in [0.15, 0.2) is 5.60 Å². The van der Waals surface area contributed by atoms with Gasteiger partial charge in [-0.1, -0.05) is 24.3 Å². The van der Waals surface area contributed by atoms with Crippen LogP contribution in [-0.2, 0) is 23.9 Å². The molecule has 9 heteroatoms. The highest BCUT2D eigenvalue weighted by atomic mass is 19.4. The summed E-state index contributed by atoms with van der Waals surface area (Å²) < 4.78 is 49.7. The van der Waals surface area contributed by atoms with E-state index < -0.39 is 23.3 Å². The Labute approximate surface area is 218 Å². The number of anilines is 1. The summed E-state index contributed by atoms with van der Waals surface area (Å²) in [6.07, 6.45) is 1.17. The van der Waals surface area contributed by atoms with Crippen molar-refractivity contribution in [3.8, 4) is 16.9 Å². The van der Waals surface area contributed by atoms with E-state index in [9.17, 15) is 23.1 Å². The summed E-state index contributed by atoms with van der Waals surface area (Å²) in [6.45, 7) is 3.87. The average molecular weight is 525 g/mol. The van der Waals surface area contributed by atoms with Crippen LogP contribution in [0.2, 0.25) is 0 Å². The number of rotatable bonds is 10. The third-order valence-electron chi connectivity index (χ3n) is 6.06. The Morgan fingerprint density at radius 2 is 1.63 bits per heavy atom. The first-order valence-electron chi connectivity index (χ1n) is 11.9. The molecule has 0 saturated heterocycles. The van der Waals surface area contributed by atoms with Crippen molar-refractivity contribution in [1.82, 2.24) is 4.98 Å². The minimum atomic E-state index is -4.39. The van der Waals surface area contributed by atoms with Crippen molar-refractivity contribution in [3.63, 3.8) is 0 Å². The lowest BCUT2D eigenvalue weighted by atomic mass is 10.1. The first-order chi connectivity index (χ1) is 18.0. The number of ether oxygens (including phenoxy) is 1. The van der Waals surface area contributed by atoms with Crippen molar-refractivity contribution >= 4 is 11.8 Å². The highest BCUT2D eigenvalue weighted by molar-refractivity contribution is 5.76. The maximum absolute atomic E-state index is 13.0. The van der Waals surface area contributed by atoms with Gasteiger partial charge < -0.3 is 19.2 Å². The summed E-state index contributed by atoms with van der Waals surface area (Å²) in [6, 6.07) is 17.9. The van der Waals surface area contributed by atoms with Crippen LogP contribution in [0, 0.1) is 0 Å². The van der Waals surface area contributed by atoms with Crippen LogP contribution in [0.25, 0.3) is 11.1 Å². The second-order valence-electron chi connectivity index (χ2n) is 9.34. The lowest BCUT2D eigenvalue weighted by Crippen LogP contribution is -2.37. The molecular formula is C29H27F3N2O4. The minimum absolute atomic E-state index is 0.365. The van der Waals surface area contributed by atoms with Gasteiger partial charge in [-0.05, 0) is 73.9 Å². The monoisotopic (exact) mass is 524 g/mol. The van der Waals surface area contributed by atoms with Gasteiger partial charge in [-0.2, -0.15) is 13.2 Å². The molecule has 0 fully saturated rings. The molecule has 4 rings (SSSR count). The van der Waals surface area contributed by atoms with Crippen LogP contribution < -0.4 is 9.64 Å². The summed E-state index contributed by atoms with van der Waals surface area (Å²) in [7, 11) is 0. The summed E-state index contributed by atoms with van der Waals surface area (Å²) in [4.78, 5) is 17.9. The van der Waals surface area contributed by atoms with Crippen LogP contribution >= 0.6 is 0 Å². The summed E-state index contributed by atoms with van der Waals surface area (Å²) >= 11 is 0. The molecule has 0 aliphatic carbocycles. The Morgan fingerprint density at radius 3 is 2.18 bits per heavy atom. The normalized spacial score (nSPS) is 11.8. The molecular weight excluding hydrogens is 497 g/mol. The smallest absolute Gasteiger partial charge is 0.416 e. The molecule has 0 atom stereocenters. The summed E-state index contributed by atoms with van der Waals surface area (Å²) in [5.74, 6) is 0.0614. The number of benzene rings is 2. The van der Waals surface area contributed by atoms with Crippen molar-refractivity contribution in [1.29, 1.82) is 0 Å². The molecule has 2 aromatic heterocycles. The molecule has 38 heavy (non-hydrogen) atoms. The number of furan rings is 1. The molecule has 0 bridgehead atoms. The van der Waals surface area contributed by atoms with Crippen LogP contribution in [0.5, 0.6) is 5.75 Å². The van der Waals surface area contributed by atoms with Gasteiger partial charge in [-0.25, -0.2) is 9.78 Å². The summed E-state index contributed by atoms with van der Waals surface area (Å²) in [5, 5.41) is 9.26. The fraction of sp³-hybridized carbons (Fsp3) is 0.241. The standard InChI is InChI=1S/C29H27F3N2O4/c1-28(2,27(35)36)38-25-10-5-20(6-11-25)13-15-34(18-21-3-8-24(9-4-21)29(30,31)32)26-12-7-22(17-33-26)23-14-16-37-19-23/h3-12,14,16-17,19H,13,15,18H2,1-2H3,(H,35,36). The van der Waals surface area contributed by atoms with Gasteiger partial charge in [0.05, 0.1) is 18.1 Å². The van der Waals surface area contributed by atoms with Crippen molar-refractivity contribution in [2.24, 2.45) is 0 Å². The largest absolute Gasteiger partial charge is 0.478 e. The molecule has 0 spiro atoms. The number of alkyl halides is 3. The fourth-order valence-electron chi connectivity index (χ4n) is 3.79. The van der Waals surface area contributed by atoms with Crippen molar-refractivity contribution in [2.45, 2.75) is 38.6 Å². The second kappa shape index (κ2) is 11.0. The number of aromatic nitrogens is 1. The molecule has 0 amide bonds. The van der Waals surface area contributed by atoms with E-state index in [-0.39, 0.29) is 0 Å². The van der Waals surface area contributed by atoms with Crippen molar-refractivity contribution in [3.05, 3.63) is 102 Å².